The molecule has 0 amide bonds. The molecular formula is C27H23F9N6O6. The van der Waals surface area contributed by atoms with Crippen LogP contribution in [0.3, 0.4) is 0 Å². The summed E-state index contributed by atoms with van der Waals surface area (Å²) in [5.41, 5.74) is 4.32. The zero-order valence-electron chi connectivity index (χ0n) is 23.9. The van der Waals surface area contributed by atoms with Gasteiger partial charge in [-0.05, 0) is 42.8 Å². The zero-order chi connectivity index (χ0) is 36.3. The van der Waals surface area contributed by atoms with Crippen molar-refractivity contribution < 1.29 is 69.2 Å². The number of aromatic nitrogens is 5. The van der Waals surface area contributed by atoms with Gasteiger partial charge in [-0.15, -0.1) is 0 Å². The molecule has 5 rings (SSSR count). The molecule has 3 N–H and O–H groups in total. The first kappa shape index (κ1) is 38.8. The van der Waals surface area contributed by atoms with Gasteiger partial charge in [0.05, 0.1) is 0 Å². The number of carboxylic acids is 3. The van der Waals surface area contributed by atoms with E-state index in [1.165, 1.54) is 5.56 Å². The van der Waals surface area contributed by atoms with Crippen molar-refractivity contribution in [1.82, 2.24) is 29.5 Å². The summed E-state index contributed by atoms with van der Waals surface area (Å²) in [6.07, 6.45) is -4.72. The van der Waals surface area contributed by atoms with Crippen molar-refractivity contribution in [2.24, 2.45) is 0 Å². The van der Waals surface area contributed by atoms with Gasteiger partial charge >= 0.3 is 36.4 Å². The molecule has 0 aliphatic carbocycles. The van der Waals surface area contributed by atoms with E-state index in [2.05, 4.69) is 33.1 Å². The van der Waals surface area contributed by atoms with E-state index in [4.69, 9.17) is 39.8 Å². The number of nitrogens with zero attached hydrogens (tertiary/aromatic N) is 6. The monoisotopic (exact) mass is 698 g/mol. The van der Waals surface area contributed by atoms with Crippen LogP contribution in [0.25, 0.3) is 16.8 Å². The standard InChI is InChI=1S/C21H20N6.3C2HF3O2/c1-3-16(11-22-8-1)13-26-10-7-19(14-26)21-24-20-6-5-18(15-27(20)25-21)17-4-2-9-23-12-17;3*3-2(4,5)1(6)7/h1-6,8-9,11-12,15,19H,7,10,13-14H2;3*(H,6,7). The molecule has 0 spiro atoms. The van der Waals surface area contributed by atoms with Gasteiger partial charge in [-0.25, -0.2) is 23.9 Å². The second-order valence-electron chi connectivity index (χ2n) is 9.42. The highest BCUT2D eigenvalue weighted by molar-refractivity contribution is 5.73. The van der Waals surface area contributed by atoms with E-state index >= 15 is 0 Å². The molecule has 1 unspecified atom stereocenters. The van der Waals surface area contributed by atoms with Crippen LogP contribution in [0.15, 0.2) is 67.4 Å². The fourth-order valence-electron chi connectivity index (χ4n) is 3.71. The SMILES string of the molecule is O=C(O)C(F)(F)F.O=C(O)C(F)(F)F.O=C(O)C(F)(F)F.c1cncc(CN2CCC(c3nc4ccc(-c5cccnc5)cn4n3)C2)c1. The van der Waals surface area contributed by atoms with E-state index in [-0.39, 0.29) is 0 Å². The summed E-state index contributed by atoms with van der Waals surface area (Å²) in [4.78, 5) is 42.3. The molecule has 1 aliphatic rings. The second-order valence-corrected chi connectivity index (χ2v) is 9.42. The third-order valence-corrected chi connectivity index (χ3v) is 5.84. The Morgan fingerprint density at radius 1 is 0.750 bits per heavy atom. The first-order valence-corrected chi connectivity index (χ1v) is 13.0. The third kappa shape index (κ3) is 12.8. The summed E-state index contributed by atoms with van der Waals surface area (Å²) < 4.78 is 97.1. The number of hydrogen-bond donors (Lipinski definition) is 3. The molecule has 0 saturated carbocycles. The summed E-state index contributed by atoms with van der Waals surface area (Å²) in [5, 5.41) is 26.1. The van der Waals surface area contributed by atoms with Gasteiger partial charge in [0.2, 0.25) is 0 Å². The second kappa shape index (κ2) is 16.5. The lowest BCUT2D eigenvalue weighted by molar-refractivity contribution is -0.193. The average Bonchev–Trinajstić information content (AvgIpc) is 3.64. The van der Waals surface area contributed by atoms with Crippen molar-refractivity contribution in [2.75, 3.05) is 13.1 Å². The van der Waals surface area contributed by atoms with Gasteiger partial charge in [0.1, 0.15) is 0 Å². The lowest BCUT2D eigenvalue weighted by Crippen LogP contribution is -2.21. The normalized spacial score (nSPS) is 14.8. The van der Waals surface area contributed by atoms with Crippen LogP contribution in [-0.2, 0) is 20.9 Å². The van der Waals surface area contributed by atoms with Crippen LogP contribution in [-0.4, -0.2) is 94.3 Å². The molecule has 1 atom stereocenters. The molecule has 0 radical (unpaired) electrons. The van der Waals surface area contributed by atoms with Gasteiger partial charge in [-0.2, -0.15) is 44.6 Å². The minimum absolute atomic E-state index is 0.378. The van der Waals surface area contributed by atoms with Crippen molar-refractivity contribution in [1.29, 1.82) is 0 Å². The Labute approximate surface area is 263 Å². The van der Waals surface area contributed by atoms with E-state index in [0.717, 1.165) is 48.7 Å². The van der Waals surface area contributed by atoms with Crippen molar-refractivity contribution in [3.63, 3.8) is 0 Å². The maximum absolute atomic E-state index is 10.6. The molecule has 21 heteroatoms. The van der Waals surface area contributed by atoms with Crippen LogP contribution in [0, 0.1) is 0 Å². The number of aliphatic carboxylic acids is 3. The number of halogens is 9. The van der Waals surface area contributed by atoms with Crippen LogP contribution < -0.4 is 0 Å². The summed E-state index contributed by atoms with van der Waals surface area (Å²) in [5.74, 6) is -6.96. The Balaban J connectivity index is 0.000000313. The third-order valence-electron chi connectivity index (χ3n) is 5.84. The van der Waals surface area contributed by atoms with Crippen molar-refractivity contribution in [3.05, 3.63) is 78.8 Å². The number of hydrogen-bond acceptors (Lipinski definition) is 8. The smallest absolute Gasteiger partial charge is 0.475 e. The summed E-state index contributed by atoms with van der Waals surface area (Å²) in [7, 11) is 0. The number of alkyl halides is 9. The Kier molecular flexibility index (Phi) is 13.3. The number of rotatable bonds is 4. The Bertz CT molecular complexity index is 1590. The van der Waals surface area contributed by atoms with Crippen LogP contribution in [0.5, 0.6) is 0 Å². The lowest BCUT2D eigenvalue weighted by atomic mass is 10.1. The maximum atomic E-state index is 10.6. The molecule has 5 heterocycles. The predicted molar refractivity (Wildman–Crippen MR) is 144 cm³/mol. The number of pyridine rings is 3. The largest absolute Gasteiger partial charge is 0.490 e. The zero-order valence-corrected chi connectivity index (χ0v) is 23.9. The summed E-state index contributed by atoms with van der Waals surface area (Å²) in [6.45, 7) is 2.99. The van der Waals surface area contributed by atoms with E-state index in [9.17, 15) is 39.5 Å². The number of fused-ring (bicyclic) bond motifs is 1. The number of likely N-dealkylation sites (tertiary alicyclic amines) is 1. The molecule has 48 heavy (non-hydrogen) atoms. The number of carbonyl (C=O) groups is 3. The molecule has 12 nitrogen and oxygen atoms in total. The molecule has 260 valence electrons. The average molecular weight is 698 g/mol. The van der Waals surface area contributed by atoms with Gasteiger partial charge in [0.25, 0.3) is 0 Å². The van der Waals surface area contributed by atoms with E-state index < -0.39 is 36.4 Å². The van der Waals surface area contributed by atoms with Gasteiger partial charge < -0.3 is 15.3 Å². The van der Waals surface area contributed by atoms with Gasteiger partial charge in [0.15, 0.2) is 11.5 Å². The van der Waals surface area contributed by atoms with Crippen molar-refractivity contribution in [3.8, 4) is 11.1 Å². The van der Waals surface area contributed by atoms with Gasteiger partial charge in [0, 0.05) is 61.1 Å². The minimum Gasteiger partial charge on any atom is -0.475 e. The van der Waals surface area contributed by atoms with E-state index in [0.29, 0.717) is 5.92 Å². The fraction of sp³-hybridized carbons (Fsp3) is 0.296. The van der Waals surface area contributed by atoms with Crippen molar-refractivity contribution in [2.45, 2.75) is 37.4 Å². The molecule has 4 aromatic rings. The summed E-state index contributed by atoms with van der Waals surface area (Å²) >= 11 is 0. The van der Waals surface area contributed by atoms with Crippen molar-refractivity contribution >= 4 is 23.6 Å². The van der Waals surface area contributed by atoms with Crippen LogP contribution in [0.1, 0.15) is 23.7 Å². The quantitative estimate of drug-likeness (QED) is 0.243. The first-order valence-electron chi connectivity index (χ1n) is 13.0. The molecule has 0 aromatic carbocycles. The van der Waals surface area contributed by atoms with E-state index in [1.807, 2.05) is 47.5 Å². The predicted octanol–water partition coefficient (Wildman–Crippen LogP) is 5.08. The van der Waals surface area contributed by atoms with E-state index in [1.54, 1.807) is 6.20 Å². The molecule has 1 saturated heterocycles. The highest BCUT2D eigenvalue weighted by Gasteiger charge is 2.39. The van der Waals surface area contributed by atoms with Crippen LogP contribution in [0.2, 0.25) is 0 Å². The lowest BCUT2D eigenvalue weighted by Gasteiger charge is -2.14. The number of carboxylic acid groups (broad SMARTS) is 3. The topological polar surface area (TPSA) is 171 Å². The molecule has 4 aromatic heterocycles. The van der Waals surface area contributed by atoms with Gasteiger partial charge in [-0.1, -0.05) is 12.1 Å². The van der Waals surface area contributed by atoms with Gasteiger partial charge in [-0.3, -0.25) is 14.9 Å². The molecule has 0 bridgehead atoms. The Hall–Kier alpha value is -5.34. The highest BCUT2D eigenvalue weighted by atomic mass is 19.4. The van der Waals surface area contributed by atoms with Crippen LogP contribution >= 0.6 is 0 Å². The minimum atomic E-state index is -5.08. The first-order chi connectivity index (χ1) is 22.2. The molecular weight excluding hydrogens is 675 g/mol. The highest BCUT2D eigenvalue weighted by Crippen LogP contribution is 2.27. The molecule has 1 aliphatic heterocycles. The van der Waals surface area contributed by atoms with Crippen LogP contribution in [0.4, 0.5) is 39.5 Å². The summed E-state index contributed by atoms with van der Waals surface area (Å²) in [6, 6.07) is 12.2. The fourth-order valence-corrected chi connectivity index (χ4v) is 3.71. The molecule has 1 fully saturated rings. The Morgan fingerprint density at radius 3 is 1.73 bits per heavy atom. The maximum Gasteiger partial charge on any atom is 0.490 e. The Morgan fingerprint density at radius 2 is 1.27 bits per heavy atom.